The number of rotatable bonds is 3. The molecule has 1 aromatic rings. The number of aromatic nitrogens is 2. The standard InChI is InChI=1S/C6H10N2OS/c1-10-5-4-8-3-2-7-6(8)9/h2-3H,4-5H2,1H3,(H,7,9). The van der Waals surface area contributed by atoms with E-state index < -0.39 is 0 Å². The Morgan fingerprint density at radius 2 is 2.60 bits per heavy atom. The van der Waals surface area contributed by atoms with Gasteiger partial charge in [-0.15, -0.1) is 0 Å². The Morgan fingerprint density at radius 3 is 3.10 bits per heavy atom. The van der Waals surface area contributed by atoms with E-state index in [-0.39, 0.29) is 5.69 Å². The van der Waals surface area contributed by atoms with Crippen molar-refractivity contribution in [3.05, 3.63) is 22.9 Å². The molecule has 0 unspecified atom stereocenters. The van der Waals surface area contributed by atoms with E-state index in [0.717, 1.165) is 12.3 Å². The van der Waals surface area contributed by atoms with Gasteiger partial charge in [0.15, 0.2) is 0 Å². The molecule has 10 heavy (non-hydrogen) atoms. The van der Waals surface area contributed by atoms with Gasteiger partial charge in [0.2, 0.25) is 0 Å². The summed E-state index contributed by atoms with van der Waals surface area (Å²) in [6, 6.07) is 0. The Kier molecular flexibility index (Phi) is 2.62. The second-order valence-electron chi connectivity index (χ2n) is 1.95. The molecule has 0 bridgehead atoms. The molecule has 0 aliphatic carbocycles. The van der Waals surface area contributed by atoms with E-state index in [1.54, 1.807) is 28.7 Å². The zero-order valence-electron chi connectivity index (χ0n) is 5.83. The summed E-state index contributed by atoms with van der Waals surface area (Å²) in [5, 5.41) is 0. The second-order valence-corrected chi connectivity index (χ2v) is 2.94. The van der Waals surface area contributed by atoms with Crippen molar-refractivity contribution >= 4 is 11.8 Å². The molecule has 0 aromatic carbocycles. The smallest absolute Gasteiger partial charge is 0.313 e. The summed E-state index contributed by atoms with van der Waals surface area (Å²) >= 11 is 1.73. The molecule has 0 spiro atoms. The fourth-order valence-electron chi connectivity index (χ4n) is 0.715. The number of aromatic amines is 1. The van der Waals surface area contributed by atoms with Crippen LogP contribution in [0.1, 0.15) is 0 Å². The lowest BCUT2D eigenvalue weighted by Crippen LogP contribution is -2.16. The summed E-state index contributed by atoms with van der Waals surface area (Å²) in [5.41, 5.74) is -0.0194. The molecule has 1 heterocycles. The average Bonchev–Trinajstić information content (AvgIpc) is 2.31. The van der Waals surface area contributed by atoms with Crippen molar-refractivity contribution in [2.24, 2.45) is 0 Å². The van der Waals surface area contributed by atoms with Crippen molar-refractivity contribution in [2.45, 2.75) is 6.54 Å². The van der Waals surface area contributed by atoms with E-state index in [0.29, 0.717) is 0 Å². The van der Waals surface area contributed by atoms with Crippen LogP contribution in [-0.2, 0) is 6.54 Å². The van der Waals surface area contributed by atoms with E-state index in [4.69, 9.17) is 0 Å². The number of nitrogens with zero attached hydrogens (tertiary/aromatic N) is 1. The second kappa shape index (κ2) is 3.51. The van der Waals surface area contributed by atoms with Crippen LogP contribution in [0.4, 0.5) is 0 Å². The van der Waals surface area contributed by atoms with Crippen molar-refractivity contribution in [1.29, 1.82) is 0 Å². The van der Waals surface area contributed by atoms with Gasteiger partial charge in [0.1, 0.15) is 0 Å². The summed E-state index contributed by atoms with van der Waals surface area (Å²) < 4.78 is 1.66. The number of hydrogen-bond donors (Lipinski definition) is 1. The lowest BCUT2D eigenvalue weighted by molar-refractivity contribution is 0.738. The first-order chi connectivity index (χ1) is 4.84. The SMILES string of the molecule is CSCCn1cc[nH]c1=O. The molecule has 0 saturated heterocycles. The van der Waals surface area contributed by atoms with Gasteiger partial charge < -0.3 is 4.98 Å². The van der Waals surface area contributed by atoms with Gasteiger partial charge in [-0.2, -0.15) is 11.8 Å². The summed E-state index contributed by atoms with van der Waals surface area (Å²) in [6.07, 6.45) is 5.44. The molecule has 0 amide bonds. The maximum Gasteiger partial charge on any atom is 0.325 e. The molecule has 0 fully saturated rings. The molecule has 4 heteroatoms. The number of thioether (sulfide) groups is 1. The molecule has 1 aromatic heterocycles. The highest BCUT2D eigenvalue weighted by atomic mass is 32.2. The third kappa shape index (κ3) is 1.67. The first kappa shape index (κ1) is 7.47. The number of nitrogens with one attached hydrogen (secondary N) is 1. The normalized spacial score (nSPS) is 10.1. The van der Waals surface area contributed by atoms with Gasteiger partial charge in [0, 0.05) is 24.7 Å². The van der Waals surface area contributed by atoms with Crippen molar-refractivity contribution in [3.8, 4) is 0 Å². The Labute approximate surface area is 63.4 Å². The van der Waals surface area contributed by atoms with Gasteiger partial charge in [-0.05, 0) is 6.26 Å². The van der Waals surface area contributed by atoms with Gasteiger partial charge in [-0.25, -0.2) is 4.79 Å². The summed E-state index contributed by atoms with van der Waals surface area (Å²) in [7, 11) is 0. The van der Waals surface area contributed by atoms with E-state index in [9.17, 15) is 4.79 Å². The van der Waals surface area contributed by atoms with E-state index in [1.807, 2.05) is 6.26 Å². The molecule has 0 saturated carbocycles. The molecule has 56 valence electrons. The van der Waals surface area contributed by atoms with Crippen molar-refractivity contribution in [3.63, 3.8) is 0 Å². The van der Waals surface area contributed by atoms with Gasteiger partial charge >= 0.3 is 5.69 Å². The maximum atomic E-state index is 10.8. The van der Waals surface area contributed by atoms with Crippen LogP contribution in [0.5, 0.6) is 0 Å². The zero-order chi connectivity index (χ0) is 7.40. The first-order valence-electron chi connectivity index (χ1n) is 3.07. The lowest BCUT2D eigenvalue weighted by Gasteiger charge is -1.95. The van der Waals surface area contributed by atoms with Gasteiger partial charge in [0.05, 0.1) is 0 Å². The Balaban J connectivity index is 2.57. The van der Waals surface area contributed by atoms with Crippen LogP contribution in [0.3, 0.4) is 0 Å². The van der Waals surface area contributed by atoms with E-state index >= 15 is 0 Å². The maximum absolute atomic E-state index is 10.8. The Bertz CT molecular complexity index is 240. The molecule has 0 aliphatic rings. The third-order valence-corrected chi connectivity index (χ3v) is 1.85. The fourth-order valence-corrected chi connectivity index (χ4v) is 1.09. The van der Waals surface area contributed by atoms with Gasteiger partial charge in [-0.3, -0.25) is 4.57 Å². The number of imidazole rings is 1. The quantitative estimate of drug-likeness (QED) is 0.697. The van der Waals surface area contributed by atoms with Crippen LogP contribution in [-0.4, -0.2) is 21.6 Å². The highest BCUT2D eigenvalue weighted by Gasteiger charge is 1.92. The Hall–Kier alpha value is -0.640. The van der Waals surface area contributed by atoms with Crippen LogP contribution in [0, 0.1) is 0 Å². The minimum atomic E-state index is -0.0194. The topological polar surface area (TPSA) is 37.8 Å². The number of aryl methyl sites for hydroxylation is 1. The van der Waals surface area contributed by atoms with Crippen molar-refractivity contribution in [2.75, 3.05) is 12.0 Å². The third-order valence-electron chi connectivity index (χ3n) is 1.26. The largest absolute Gasteiger partial charge is 0.325 e. The minimum absolute atomic E-state index is 0.0194. The molecule has 0 atom stereocenters. The highest BCUT2D eigenvalue weighted by molar-refractivity contribution is 7.98. The lowest BCUT2D eigenvalue weighted by atomic mass is 10.7. The van der Waals surface area contributed by atoms with E-state index in [1.165, 1.54) is 0 Å². The molecule has 0 radical (unpaired) electrons. The summed E-state index contributed by atoms with van der Waals surface area (Å²) in [4.78, 5) is 13.4. The molecular formula is C6H10N2OS. The Morgan fingerprint density at radius 1 is 1.80 bits per heavy atom. The highest BCUT2D eigenvalue weighted by Crippen LogP contribution is 1.91. The number of hydrogen-bond acceptors (Lipinski definition) is 2. The van der Waals surface area contributed by atoms with Crippen LogP contribution in [0.2, 0.25) is 0 Å². The molecule has 1 rings (SSSR count). The molecule has 3 nitrogen and oxygen atoms in total. The minimum Gasteiger partial charge on any atom is -0.313 e. The van der Waals surface area contributed by atoms with Crippen molar-refractivity contribution in [1.82, 2.24) is 9.55 Å². The summed E-state index contributed by atoms with van der Waals surface area (Å²) in [6.45, 7) is 0.795. The predicted octanol–water partition coefficient (Wildman–Crippen LogP) is 0.539. The first-order valence-corrected chi connectivity index (χ1v) is 4.46. The molecule has 0 aliphatic heterocycles. The van der Waals surface area contributed by atoms with E-state index in [2.05, 4.69) is 4.98 Å². The van der Waals surface area contributed by atoms with Crippen LogP contribution < -0.4 is 5.69 Å². The van der Waals surface area contributed by atoms with Crippen LogP contribution in [0.15, 0.2) is 17.2 Å². The zero-order valence-corrected chi connectivity index (χ0v) is 6.65. The van der Waals surface area contributed by atoms with Crippen LogP contribution >= 0.6 is 11.8 Å². The van der Waals surface area contributed by atoms with Gasteiger partial charge in [-0.1, -0.05) is 0 Å². The number of H-pyrrole nitrogens is 1. The molecule has 1 N–H and O–H groups in total. The fraction of sp³-hybridized carbons (Fsp3) is 0.500. The summed E-state index contributed by atoms with van der Waals surface area (Å²) in [5.74, 6) is 0.984. The van der Waals surface area contributed by atoms with Crippen LogP contribution in [0.25, 0.3) is 0 Å². The van der Waals surface area contributed by atoms with Crippen molar-refractivity contribution < 1.29 is 0 Å². The monoisotopic (exact) mass is 158 g/mol. The predicted molar refractivity (Wildman–Crippen MR) is 43.4 cm³/mol. The average molecular weight is 158 g/mol. The van der Waals surface area contributed by atoms with Gasteiger partial charge in [0.25, 0.3) is 0 Å². The molecular weight excluding hydrogens is 148 g/mol.